The fourth-order valence-corrected chi connectivity index (χ4v) is 2.81. The van der Waals surface area contributed by atoms with Gasteiger partial charge in [0.05, 0.1) is 0 Å². The van der Waals surface area contributed by atoms with Gasteiger partial charge in [-0.05, 0) is 0 Å². The molecule has 0 aliphatic carbocycles. The second-order valence-electron chi connectivity index (χ2n) is 1.02. The Morgan fingerprint density at radius 1 is 1.67 bits per heavy atom. The van der Waals surface area contributed by atoms with Crippen LogP contribution in [0.4, 0.5) is 0 Å². The van der Waals surface area contributed by atoms with Gasteiger partial charge in [-0.1, -0.05) is 0 Å². The van der Waals surface area contributed by atoms with E-state index in [2.05, 4.69) is 5.71 Å². The van der Waals surface area contributed by atoms with Gasteiger partial charge in [-0.15, -0.1) is 0 Å². The first-order valence-electron chi connectivity index (χ1n) is 1.70. The van der Waals surface area contributed by atoms with Crippen molar-refractivity contribution in [1.82, 2.24) is 0 Å². The van der Waals surface area contributed by atoms with Crippen LogP contribution in [0.2, 0.25) is 10.9 Å². The summed E-state index contributed by atoms with van der Waals surface area (Å²) in [6, 6.07) is 0. The van der Waals surface area contributed by atoms with Gasteiger partial charge in [0.15, 0.2) is 0 Å². The van der Waals surface area contributed by atoms with Crippen LogP contribution in [0.1, 0.15) is 0 Å². The average molecular weight is 189 g/mol. The van der Waals surface area contributed by atoms with E-state index in [9.17, 15) is 0 Å². The van der Waals surface area contributed by atoms with Crippen LogP contribution in [0.15, 0.2) is 0 Å². The number of alkyl halides is 1. The number of halogens is 2. The summed E-state index contributed by atoms with van der Waals surface area (Å²) in [6.45, 7) is 0. The molecular weight excluding hydrogens is 182 g/mol. The predicted molar refractivity (Wildman–Crippen MR) is 33.0 cm³/mol. The molecule has 0 aliphatic rings. The Labute approximate surface area is 52.2 Å². The van der Waals surface area contributed by atoms with Crippen LogP contribution in [0.3, 0.4) is 0 Å². The zero-order valence-electron chi connectivity index (χ0n) is 3.62. The fraction of sp³-hybridized carbons (Fsp3) is 1.00. The number of rotatable bonds is 2. The van der Waals surface area contributed by atoms with Gasteiger partial charge in [-0.2, -0.15) is 0 Å². The Morgan fingerprint density at radius 3 is 2.17 bits per heavy atom. The van der Waals surface area contributed by atoms with Crippen molar-refractivity contribution in [1.29, 1.82) is 0 Å². The van der Waals surface area contributed by atoms with Gasteiger partial charge in [0.1, 0.15) is 0 Å². The first kappa shape index (κ1) is 7.14. The summed E-state index contributed by atoms with van der Waals surface area (Å²) in [5.41, 5.74) is 2.08. The van der Waals surface area contributed by atoms with E-state index in [1.807, 2.05) is 0 Å². The van der Waals surface area contributed by atoms with E-state index in [0.29, 0.717) is 0 Å². The Hall–Kier alpha value is 1.14. The second kappa shape index (κ2) is 4.30. The molecule has 0 N–H and O–H groups in total. The maximum absolute atomic E-state index is 5.64. The molecule has 0 aromatic heterocycles. The van der Waals surface area contributed by atoms with Crippen LogP contribution >= 0.6 is 21.6 Å². The SMILES string of the molecule is C[As](Cl)CCCl. The maximum atomic E-state index is 5.64. The molecule has 0 saturated heterocycles. The van der Waals surface area contributed by atoms with Crippen molar-refractivity contribution < 1.29 is 0 Å². The summed E-state index contributed by atoms with van der Waals surface area (Å²) in [4.78, 5) is 0. The topological polar surface area (TPSA) is 0 Å². The van der Waals surface area contributed by atoms with Crippen molar-refractivity contribution >= 4 is 35.3 Å². The predicted octanol–water partition coefficient (Wildman–Crippen LogP) is 2.09. The van der Waals surface area contributed by atoms with Gasteiger partial charge in [0.25, 0.3) is 0 Å². The normalized spacial score (nSPS) is 14.5. The molecule has 0 rings (SSSR count). The van der Waals surface area contributed by atoms with Crippen molar-refractivity contribution in [3.05, 3.63) is 0 Å². The third kappa shape index (κ3) is 5.14. The zero-order valence-corrected chi connectivity index (χ0v) is 7.01. The Bertz CT molecular complexity index is 30.0. The van der Waals surface area contributed by atoms with Gasteiger partial charge in [-0.3, -0.25) is 0 Å². The molecule has 0 aromatic rings. The second-order valence-corrected chi connectivity index (χ2v) is 7.87. The number of hydrogen-bond acceptors (Lipinski definition) is 0. The van der Waals surface area contributed by atoms with E-state index in [-0.39, 0.29) is 0 Å². The molecule has 0 aliphatic heterocycles. The summed E-state index contributed by atoms with van der Waals surface area (Å²) in [7, 11) is 5.64. The molecule has 1 unspecified atom stereocenters. The van der Waals surface area contributed by atoms with E-state index >= 15 is 0 Å². The van der Waals surface area contributed by atoms with Crippen LogP contribution in [0.25, 0.3) is 0 Å². The molecule has 0 saturated carbocycles. The van der Waals surface area contributed by atoms with Crippen molar-refractivity contribution in [2.75, 3.05) is 5.88 Å². The molecule has 38 valence electrons. The van der Waals surface area contributed by atoms with E-state index in [4.69, 9.17) is 21.6 Å². The molecule has 0 nitrogen and oxygen atoms in total. The molecule has 6 heavy (non-hydrogen) atoms. The molecule has 0 fully saturated rings. The summed E-state index contributed by atoms with van der Waals surface area (Å²) in [5.74, 6) is 0.736. The van der Waals surface area contributed by atoms with Gasteiger partial charge in [-0.25, -0.2) is 0 Å². The molecule has 3 heteroatoms. The van der Waals surface area contributed by atoms with Crippen molar-refractivity contribution in [3.8, 4) is 0 Å². The van der Waals surface area contributed by atoms with E-state index < -0.39 is 13.7 Å². The summed E-state index contributed by atoms with van der Waals surface area (Å²) in [6.07, 6.45) is 0. The van der Waals surface area contributed by atoms with E-state index in [0.717, 1.165) is 11.1 Å². The molecule has 0 aromatic carbocycles. The Kier molecular flexibility index (Phi) is 5.12. The van der Waals surface area contributed by atoms with Crippen LogP contribution in [0, 0.1) is 0 Å². The van der Waals surface area contributed by atoms with E-state index in [1.165, 1.54) is 0 Å². The third-order valence-electron chi connectivity index (χ3n) is 0.393. The van der Waals surface area contributed by atoms with Gasteiger partial charge < -0.3 is 0 Å². The average Bonchev–Trinajstić information content (AvgIpc) is 1.35. The van der Waals surface area contributed by atoms with Crippen LogP contribution < -0.4 is 0 Å². The minimum atomic E-state index is -0.884. The fourth-order valence-electron chi connectivity index (χ4n) is 0.116. The molecule has 0 heterocycles. The zero-order chi connectivity index (χ0) is 4.99. The van der Waals surface area contributed by atoms with Gasteiger partial charge in [0.2, 0.25) is 0 Å². The van der Waals surface area contributed by atoms with Gasteiger partial charge in [0, 0.05) is 0 Å². The van der Waals surface area contributed by atoms with Crippen molar-refractivity contribution in [2.24, 2.45) is 0 Å². The molecule has 0 spiro atoms. The summed E-state index contributed by atoms with van der Waals surface area (Å²) in [5, 5.41) is 1.05. The molecule has 0 amide bonds. The molecule has 1 atom stereocenters. The first-order chi connectivity index (χ1) is 2.77. The third-order valence-corrected chi connectivity index (χ3v) is 3.80. The summed E-state index contributed by atoms with van der Waals surface area (Å²) >= 11 is 4.46. The molecular formula is C3H7AsCl2. The van der Waals surface area contributed by atoms with Crippen LogP contribution in [-0.4, -0.2) is 19.6 Å². The molecule has 0 radical (unpaired) electrons. The van der Waals surface area contributed by atoms with Crippen molar-refractivity contribution in [3.63, 3.8) is 0 Å². The van der Waals surface area contributed by atoms with E-state index in [1.54, 1.807) is 0 Å². The Balaban J connectivity index is 2.63. The first-order valence-corrected chi connectivity index (χ1v) is 7.90. The van der Waals surface area contributed by atoms with Crippen LogP contribution in [0.5, 0.6) is 0 Å². The number of hydrogen-bond donors (Lipinski definition) is 0. The summed E-state index contributed by atoms with van der Waals surface area (Å²) < 4.78 is 0. The quantitative estimate of drug-likeness (QED) is 0.460. The Morgan fingerprint density at radius 2 is 2.17 bits per heavy atom. The van der Waals surface area contributed by atoms with Crippen LogP contribution in [-0.2, 0) is 0 Å². The van der Waals surface area contributed by atoms with Gasteiger partial charge >= 0.3 is 52.1 Å². The monoisotopic (exact) mass is 188 g/mol. The van der Waals surface area contributed by atoms with Crippen molar-refractivity contribution in [2.45, 2.75) is 10.9 Å². The minimum absolute atomic E-state index is 0.736. The molecule has 0 bridgehead atoms. The standard InChI is InChI=1S/C3H7AsCl2/c1-4(6)2-3-5/h2-3H2,1H3.